The zero-order valence-electron chi connectivity index (χ0n) is 12.2. The van der Waals surface area contributed by atoms with E-state index in [9.17, 15) is 4.79 Å². The van der Waals surface area contributed by atoms with Crippen LogP contribution in [0, 0.1) is 13.8 Å². The predicted molar refractivity (Wildman–Crippen MR) is 80.7 cm³/mol. The van der Waals surface area contributed by atoms with Gasteiger partial charge in [0.2, 0.25) is 0 Å². The molecule has 0 radical (unpaired) electrons. The molecule has 0 N–H and O–H groups in total. The highest BCUT2D eigenvalue weighted by Crippen LogP contribution is 2.21. The minimum absolute atomic E-state index is 0.116. The molecular weight excluding hydrogens is 234 g/mol. The van der Waals surface area contributed by atoms with Crippen molar-refractivity contribution in [2.45, 2.75) is 27.7 Å². The van der Waals surface area contributed by atoms with Crippen molar-refractivity contribution in [1.29, 1.82) is 0 Å². The molecule has 0 bridgehead atoms. The topological polar surface area (TPSA) is 20.3 Å². The van der Waals surface area contributed by atoms with Crippen LogP contribution >= 0.6 is 0 Å². The van der Waals surface area contributed by atoms with Gasteiger partial charge in [0.15, 0.2) is 0 Å². The number of amides is 1. The number of aryl methyl sites for hydroxylation is 2. The van der Waals surface area contributed by atoms with E-state index in [2.05, 4.69) is 26.0 Å². The Bertz CT molecular complexity index is 612. The first-order valence-electron chi connectivity index (χ1n) is 6.87. The Morgan fingerprint density at radius 3 is 2.11 bits per heavy atom. The van der Waals surface area contributed by atoms with Crippen LogP contribution in [0.2, 0.25) is 0 Å². The van der Waals surface area contributed by atoms with Gasteiger partial charge in [-0.1, -0.05) is 18.2 Å². The van der Waals surface area contributed by atoms with Gasteiger partial charge < -0.3 is 4.90 Å². The second-order valence-electron chi connectivity index (χ2n) is 4.98. The van der Waals surface area contributed by atoms with Crippen molar-refractivity contribution in [1.82, 2.24) is 4.90 Å². The van der Waals surface area contributed by atoms with Gasteiger partial charge in [-0.05, 0) is 61.7 Å². The van der Waals surface area contributed by atoms with E-state index in [-0.39, 0.29) is 5.91 Å². The first-order chi connectivity index (χ1) is 9.06. The molecule has 2 nitrogen and oxygen atoms in total. The summed E-state index contributed by atoms with van der Waals surface area (Å²) in [6, 6.07) is 10.3. The zero-order chi connectivity index (χ0) is 14.0. The Balaban J connectivity index is 2.46. The molecule has 2 heteroatoms. The average molecular weight is 255 g/mol. The molecular formula is C17H21NO. The monoisotopic (exact) mass is 255 g/mol. The van der Waals surface area contributed by atoms with Crippen LogP contribution in [0.25, 0.3) is 10.8 Å². The van der Waals surface area contributed by atoms with Crippen molar-refractivity contribution in [2.75, 3.05) is 13.1 Å². The second-order valence-corrected chi connectivity index (χ2v) is 4.98. The van der Waals surface area contributed by atoms with Gasteiger partial charge in [-0.25, -0.2) is 0 Å². The number of carbonyl (C=O) groups excluding carboxylic acids is 1. The molecule has 0 aromatic heterocycles. The first-order valence-corrected chi connectivity index (χ1v) is 6.87. The number of benzene rings is 2. The SMILES string of the molecule is CCN(CC)C(=O)c1ccc2cc(C)c(C)cc2c1. The van der Waals surface area contributed by atoms with Crippen molar-refractivity contribution >= 4 is 16.7 Å². The predicted octanol–water partition coefficient (Wildman–Crippen LogP) is 3.94. The van der Waals surface area contributed by atoms with E-state index in [1.165, 1.54) is 16.5 Å². The minimum atomic E-state index is 0.116. The summed E-state index contributed by atoms with van der Waals surface area (Å²) >= 11 is 0. The standard InChI is InChI=1S/C17H21NO/c1-5-18(6-2)17(19)15-8-7-14-9-12(3)13(4)10-16(14)11-15/h7-11H,5-6H2,1-4H3. The molecule has 2 rings (SSSR count). The quantitative estimate of drug-likeness (QED) is 0.813. The van der Waals surface area contributed by atoms with Crippen LogP contribution < -0.4 is 0 Å². The average Bonchev–Trinajstić information content (AvgIpc) is 2.41. The molecule has 0 fully saturated rings. The maximum absolute atomic E-state index is 12.3. The smallest absolute Gasteiger partial charge is 0.253 e. The molecule has 0 saturated carbocycles. The van der Waals surface area contributed by atoms with Crippen molar-refractivity contribution < 1.29 is 4.79 Å². The van der Waals surface area contributed by atoms with Gasteiger partial charge in [-0.2, -0.15) is 0 Å². The summed E-state index contributed by atoms with van der Waals surface area (Å²) in [6.45, 7) is 9.74. The van der Waals surface area contributed by atoms with Gasteiger partial charge in [-0.3, -0.25) is 4.79 Å². The Morgan fingerprint density at radius 1 is 0.947 bits per heavy atom. The lowest BCUT2D eigenvalue weighted by atomic mass is 10.0. The lowest BCUT2D eigenvalue weighted by Gasteiger charge is -2.18. The summed E-state index contributed by atoms with van der Waals surface area (Å²) in [7, 11) is 0. The van der Waals surface area contributed by atoms with Gasteiger partial charge in [0.25, 0.3) is 5.91 Å². The van der Waals surface area contributed by atoms with E-state index >= 15 is 0 Å². The molecule has 2 aromatic rings. The third-order valence-corrected chi connectivity index (χ3v) is 3.75. The summed E-state index contributed by atoms with van der Waals surface area (Å²) in [4.78, 5) is 14.2. The lowest BCUT2D eigenvalue weighted by molar-refractivity contribution is 0.0773. The van der Waals surface area contributed by atoms with E-state index in [0.29, 0.717) is 0 Å². The molecule has 0 saturated heterocycles. The van der Waals surface area contributed by atoms with Crippen LogP contribution in [-0.4, -0.2) is 23.9 Å². The highest BCUT2D eigenvalue weighted by Gasteiger charge is 2.12. The fourth-order valence-corrected chi connectivity index (χ4v) is 2.35. The highest BCUT2D eigenvalue weighted by atomic mass is 16.2. The maximum atomic E-state index is 12.3. The second kappa shape index (κ2) is 5.43. The molecule has 2 aromatic carbocycles. The van der Waals surface area contributed by atoms with Gasteiger partial charge >= 0.3 is 0 Å². The molecule has 0 aliphatic heterocycles. The molecule has 0 spiro atoms. The Morgan fingerprint density at radius 2 is 1.53 bits per heavy atom. The summed E-state index contributed by atoms with van der Waals surface area (Å²) in [5.41, 5.74) is 3.33. The Labute approximate surface area is 115 Å². The van der Waals surface area contributed by atoms with E-state index in [1.54, 1.807) is 0 Å². The molecule has 1 amide bonds. The van der Waals surface area contributed by atoms with Crippen LogP contribution in [0.1, 0.15) is 35.3 Å². The molecule has 0 aliphatic carbocycles. The fourth-order valence-electron chi connectivity index (χ4n) is 2.35. The largest absolute Gasteiger partial charge is 0.339 e. The van der Waals surface area contributed by atoms with Crippen LogP contribution in [0.4, 0.5) is 0 Å². The summed E-state index contributed by atoms with van der Waals surface area (Å²) < 4.78 is 0. The highest BCUT2D eigenvalue weighted by molar-refractivity contribution is 5.98. The van der Waals surface area contributed by atoms with Gasteiger partial charge in [0, 0.05) is 18.7 Å². The van der Waals surface area contributed by atoms with E-state index in [0.717, 1.165) is 24.0 Å². The normalized spacial score (nSPS) is 10.7. The Kier molecular flexibility index (Phi) is 3.89. The van der Waals surface area contributed by atoms with Crippen molar-refractivity contribution in [3.63, 3.8) is 0 Å². The molecule has 100 valence electrons. The van der Waals surface area contributed by atoms with E-state index < -0.39 is 0 Å². The van der Waals surface area contributed by atoms with Crippen LogP contribution in [0.15, 0.2) is 30.3 Å². The number of rotatable bonds is 3. The maximum Gasteiger partial charge on any atom is 0.253 e. The van der Waals surface area contributed by atoms with Gasteiger partial charge in [0.05, 0.1) is 0 Å². The minimum Gasteiger partial charge on any atom is -0.339 e. The van der Waals surface area contributed by atoms with Gasteiger partial charge in [0.1, 0.15) is 0 Å². The van der Waals surface area contributed by atoms with Crippen molar-refractivity contribution in [3.8, 4) is 0 Å². The molecule has 19 heavy (non-hydrogen) atoms. The van der Waals surface area contributed by atoms with Gasteiger partial charge in [-0.15, -0.1) is 0 Å². The lowest BCUT2D eigenvalue weighted by Crippen LogP contribution is -2.30. The third kappa shape index (κ3) is 2.62. The van der Waals surface area contributed by atoms with Crippen LogP contribution in [0.5, 0.6) is 0 Å². The third-order valence-electron chi connectivity index (χ3n) is 3.75. The van der Waals surface area contributed by atoms with Crippen LogP contribution in [-0.2, 0) is 0 Å². The molecule has 0 atom stereocenters. The fraction of sp³-hybridized carbons (Fsp3) is 0.353. The molecule has 0 heterocycles. The summed E-state index contributed by atoms with van der Waals surface area (Å²) in [5, 5.41) is 2.33. The summed E-state index contributed by atoms with van der Waals surface area (Å²) in [6.07, 6.45) is 0. The zero-order valence-corrected chi connectivity index (χ0v) is 12.2. The number of hydrogen-bond donors (Lipinski definition) is 0. The Hall–Kier alpha value is -1.83. The number of nitrogens with zero attached hydrogens (tertiary/aromatic N) is 1. The molecule has 0 unspecified atom stereocenters. The number of fused-ring (bicyclic) bond motifs is 1. The van der Waals surface area contributed by atoms with E-state index in [1.807, 2.05) is 36.9 Å². The van der Waals surface area contributed by atoms with Crippen molar-refractivity contribution in [3.05, 3.63) is 47.0 Å². The number of carbonyl (C=O) groups is 1. The first kappa shape index (κ1) is 13.6. The van der Waals surface area contributed by atoms with Crippen molar-refractivity contribution in [2.24, 2.45) is 0 Å². The van der Waals surface area contributed by atoms with E-state index in [4.69, 9.17) is 0 Å². The summed E-state index contributed by atoms with van der Waals surface area (Å²) in [5.74, 6) is 0.116. The number of hydrogen-bond acceptors (Lipinski definition) is 1. The molecule has 0 aliphatic rings. The van der Waals surface area contributed by atoms with Crippen LogP contribution in [0.3, 0.4) is 0 Å².